The molecule has 6 rings (SSSR count). The summed E-state index contributed by atoms with van der Waals surface area (Å²) in [5, 5.41) is 12.0. The number of nitrogens with one attached hydrogen (secondary N) is 1. The van der Waals surface area contributed by atoms with Crippen LogP contribution in [-0.2, 0) is 11.4 Å². The van der Waals surface area contributed by atoms with Gasteiger partial charge < -0.3 is 14.8 Å². The van der Waals surface area contributed by atoms with Crippen molar-refractivity contribution >= 4 is 29.0 Å². The third kappa shape index (κ3) is 6.53. The first-order chi connectivity index (χ1) is 22.4. The maximum atomic E-state index is 14.0. The molecular weight excluding hydrogens is 596 g/mol. The lowest BCUT2D eigenvalue weighted by Gasteiger charge is -2.25. The second-order valence-corrected chi connectivity index (χ2v) is 11.6. The number of nitriles is 1. The molecule has 1 atom stereocenters. The molecule has 8 nitrogen and oxygen atoms in total. The molecule has 0 fully saturated rings. The van der Waals surface area contributed by atoms with Gasteiger partial charge in [0.2, 0.25) is 0 Å². The predicted octanol–water partition coefficient (Wildman–Crippen LogP) is 5.72. The Morgan fingerprint density at radius 2 is 1.63 bits per heavy atom. The van der Waals surface area contributed by atoms with Gasteiger partial charge in [0.25, 0.3) is 11.5 Å². The minimum absolute atomic E-state index is 0.235. The summed E-state index contributed by atoms with van der Waals surface area (Å²) in [5.74, 6) is 1.07. The van der Waals surface area contributed by atoms with Crippen molar-refractivity contribution in [2.45, 2.75) is 26.5 Å². The molecule has 0 saturated carbocycles. The Balaban J connectivity index is 1.32. The Labute approximate surface area is 269 Å². The SMILES string of the molecule is CCOc1ccc([C@H]2C(C(=O)Nc3ccccc3)=C(C)N=c3s/c(=C\c4ccc(OCc5ccc(C#N)cc5)cc4)c(=O)n32)cc1. The van der Waals surface area contributed by atoms with Crippen molar-refractivity contribution in [3.8, 4) is 17.6 Å². The first-order valence-electron chi connectivity index (χ1n) is 14.8. The number of carbonyl (C=O) groups excluding carboxylic acids is 1. The first kappa shape index (κ1) is 30.3. The van der Waals surface area contributed by atoms with Crippen LogP contribution in [-0.4, -0.2) is 17.1 Å². The van der Waals surface area contributed by atoms with Crippen molar-refractivity contribution in [1.29, 1.82) is 5.26 Å². The van der Waals surface area contributed by atoms with E-state index in [1.54, 1.807) is 23.6 Å². The van der Waals surface area contributed by atoms with Gasteiger partial charge in [0.1, 0.15) is 18.1 Å². The molecule has 0 bridgehead atoms. The number of thiazole rings is 1. The fourth-order valence-corrected chi connectivity index (χ4v) is 6.26. The molecule has 1 N–H and O–H groups in total. The smallest absolute Gasteiger partial charge is 0.271 e. The van der Waals surface area contributed by atoms with Crippen LogP contribution < -0.4 is 29.7 Å². The highest BCUT2D eigenvalue weighted by atomic mass is 32.1. The van der Waals surface area contributed by atoms with Gasteiger partial charge in [-0.25, -0.2) is 4.99 Å². The number of ether oxygens (including phenoxy) is 2. The molecule has 0 aliphatic carbocycles. The summed E-state index contributed by atoms with van der Waals surface area (Å²) in [6, 6.07) is 32.9. The lowest BCUT2D eigenvalue weighted by atomic mass is 9.95. The number of allylic oxidation sites excluding steroid dienone is 1. The molecule has 1 amide bonds. The summed E-state index contributed by atoms with van der Waals surface area (Å²) < 4.78 is 13.7. The zero-order valence-electron chi connectivity index (χ0n) is 25.3. The van der Waals surface area contributed by atoms with Crippen molar-refractivity contribution in [2.24, 2.45) is 4.99 Å². The number of benzene rings is 4. The van der Waals surface area contributed by atoms with Crippen LogP contribution in [0.15, 0.2) is 124 Å². The Morgan fingerprint density at radius 3 is 2.30 bits per heavy atom. The Morgan fingerprint density at radius 1 is 0.957 bits per heavy atom. The number of amides is 1. The van der Waals surface area contributed by atoms with E-state index in [4.69, 9.17) is 19.7 Å². The quantitative estimate of drug-likeness (QED) is 0.225. The van der Waals surface area contributed by atoms with Crippen molar-refractivity contribution < 1.29 is 14.3 Å². The Bertz CT molecular complexity index is 2130. The number of nitrogens with zero attached hydrogens (tertiary/aromatic N) is 3. The van der Waals surface area contributed by atoms with Crippen molar-refractivity contribution in [3.05, 3.63) is 156 Å². The summed E-state index contributed by atoms with van der Waals surface area (Å²) in [6.07, 6.45) is 1.83. The van der Waals surface area contributed by atoms with Crippen LogP contribution in [0.25, 0.3) is 6.08 Å². The number of aromatic nitrogens is 1. The van der Waals surface area contributed by atoms with E-state index in [2.05, 4.69) is 11.4 Å². The molecule has 0 radical (unpaired) electrons. The Kier molecular flexibility index (Phi) is 8.90. The number of fused-ring (bicyclic) bond motifs is 1. The largest absolute Gasteiger partial charge is 0.494 e. The molecule has 1 aliphatic heterocycles. The van der Waals surface area contributed by atoms with Gasteiger partial charge in [0.15, 0.2) is 4.80 Å². The molecule has 1 aliphatic rings. The zero-order chi connectivity index (χ0) is 32.0. The van der Waals surface area contributed by atoms with Crippen molar-refractivity contribution in [3.63, 3.8) is 0 Å². The number of para-hydroxylation sites is 1. The monoisotopic (exact) mass is 626 g/mol. The van der Waals surface area contributed by atoms with E-state index < -0.39 is 6.04 Å². The maximum absolute atomic E-state index is 14.0. The topological polar surface area (TPSA) is 106 Å². The molecule has 9 heteroatoms. The lowest BCUT2D eigenvalue weighted by Crippen LogP contribution is -2.40. The van der Waals surface area contributed by atoms with Gasteiger partial charge in [-0.1, -0.05) is 65.9 Å². The third-order valence-electron chi connectivity index (χ3n) is 7.47. The van der Waals surface area contributed by atoms with Gasteiger partial charge in [-0.15, -0.1) is 0 Å². The molecule has 5 aromatic rings. The predicted molar refractivity (Wildman–Crippen MR) is 178 cm³/mol. The first-order valence-corrected chi connectivity index (χ1v) is 15.6. The van der Waals surface area contributed by atoms with Crippen LogP contribution in [0.2, 0.25) is 0 Å². The van der Waals surface area contributed by atoms with Crippen LogP contribution in [0.4, 0.5) is 5.69 Å². The summed E-state index contributed by atoms with van der Waals surface area (Å²) in [6.45, 7) is 4.62. The van der Waals surface area contributed by atoms with E-state index in [0.29, 0.717) is 56.6 Å². The summed E-state index contributed by atoms with van der Waals surface area (Å²) >= 11 is 1.29. The summed E-state index contributed by atoms with van der Waals surface area (Å²) in [4.78, 5) is 33.0. The molecule has 0 unspecified atom stereocenters. The van der Waals surface area contributed by atoms with Gasteiger partial charge in [-0.2, -0.15) is 5.26 Å². The summed E-state index contributed by atoms with van der Waals surface area (Å²) in [5.41, 5.74) is 4.52. The zero-order valence-corrected chi connectivity index (χ0v) is 26.1. The number of hydrogen-bond donors (Lipinski definition) is 1. The van der Waals surface area contributed by atoms with Crippen LogP contribution in [0.5, 0.6) is 11.5 Å². The third-order valence-corrected chi connectivity index (χ3v) is 8.45. The molecule has 0 spiro atoms. The fourth-order valence-electron chi connectivity index (χ4n) is 5.21. The highest BCUT2D eigenvalue weighted by Gasteiger charge is 2.32. The van der Waals surface area contributed by atoms with Crippen molar-refractivity contribution in [1.82, 2.24) is 4.57 Å². The molecule has 46 heavy (non-hydrogen) atoms. The summed E-state index contributed by atoms with van der Waals surface area (Å²) in [7, 11) is 0. The van der Waals surface area contributed by atoms with Crippen LogP contribution in [0.1, 0.15) is 42.1 Å². The fraction of sp³-hybridized carbons (Fsp3) is 0.135. The van der Waals surface area contributed by atoms with Gasteiger partial charge >= 0.3 is 0 Å². The molecular formula is C37H30N4O4S. The molecule has 1 aromatic heterocycles. The van der Waals surface area contributed by atoms with Crippen LogP contribution >= 0.6 is 11.3 Å². The normalized spacial score (nSPS) is 14.2. The number of anilines is 1. The van der Waals surface area contributed by atoms with E-state index in [0.717, 1.165) is 16.7 Å². The second-order valence-electron chi connectivity index (χ2n) is 10.6. The van der Waals surface area contributed by atoms with Crippen LogP contribution in [0.3, 0.4) is 0 Å². The van der Waals surface area contributed by atoms with Gasteiger partial charge in [0, 0.05) is 5.69 Å². The molecule has 0 saturated heterocycles. The van der Waals surface area contributed by atoms with Gasteiger partial charge in [-0.3, -0.25) is 14.2 Å². The van der Waals surface area contributed by atoms with E-state index in [1.165, 1.54) is 11.3 Å². The van der Waals surface area contributed by atoms with E-state index in [1.807, 2.05) is 104 Å². The van der Waals surface area contributed by atoms with Gasteiger partial charge in [0.05, 0.1) is 40.1 Å². The minimum atomic E-state index is -0.684. The molecule has 2 heterocycles. The average molecular weight is 627 g/mol. The highest BCUT2D eigenvalue weighted by Crippen LogP contribution is 2.32. The molecule has 228 valence electrons. The van der Waals surface area contributed by atoms with E-state index in [9.17, 15) is 9.59 Å². The number of rotatable bonds is 9. The maximum Gasteiger partial charge on any atom is 0.271 e. The van der Waals surface area contributed by atoms with E-state index >= 15 is 0 Å². The standard InChI is InChI=1S/C37H30N4O4S/c1-3-44-30-19-15-28(16-20-30)34-33(35(42)40-29-7-5-4-6-8-29)24(2)39-37-41(34)36(43)32(46-37)21-25-13-17-31(18-14-25)45-23-27-11-9-26(22-38)10-12-27/h4-21,34H,3,23H2,1-2H3,(H,40,42)/b32-21-/t34-/m0/s1. The average Bonchev–Trinajstić information content (AvgIpc) is 3.38. The second kappa shape index (κ2) is 13.5. The Hall–Kier alpha value is -5.72. The minimum Gasteiger partial charge on any atom is -0.494 e. The number of carbonyl (C=O) groups is 1. The van der Waals surface area contributed by atoms with Gasteiger partial charge in [-0.05, 0) is 85.1 Å². The van der Waals surface area contributed by atoms with E-state index in [-0.39, 0.29) is 11.5 Å². The highest BCUT2D eigenvalue weighted by molar-refractivity contribution is 7.07. The van der Waals surface area contributed by atoms with Crippen molar-refractivity contribution in [2.75, 3.05) is 11.9 Å². The lowest BCUT2D eigenvalue weighted by molar-refractivity contribution is -0.113. The number of hydrogen-bond acceptors (Lipinski definition) is 7. The molecule has 4 aromatic carbocycles. The van der Waals surface area contributed by atoms with Crippen LogP contribution in [0, 0.1) is 11.3 Å².